The van der Waals surface area contributed by atoms with Gasteiger partial charge in [0.05, 0.1) is 21.3 Å². The Bertz CT molecular complexity index is 648. The van der Waals surface area contributed by atoms with Crippen molar-refractivity contribution in [3.63, 3.8) is 0 Å². The standard InChI is InChI=1S/C12H12BrFN2O2S2/c1-19-3-2-16-10-5-8(14)7(13)4-9(10)15-12(16)20-6-11(17)18/h4-5H,2-3,6H2,1H3,(H,17,18). The predicted molar refractivity (Wildman–Crippen MR) is 84.1 cm³/mol. The van der Waals surface area contributed by atoms with Crippen LogP contribution in [0.3, 0.4) is 0 Å². The number of carbonyl (C=O) groups is 1. The van der Waals surface area contributed by atoms with Crippen LogP contribution in [0.4, 0.5) is 4.39 Å². The summed E-state index contributed by atoms with van der Waals surface area (Å²) in [5, 5.41) is 9.38. The normalized spacial score (nSPS) is 11.2. The van der Waals surface area contributed by atoms with Gasteiger partial charge in [-0.25, -0.2) is 9.37 Å². The average Bonchev–Trinajstić information content (AvgIpc) is 2.72. The van der Waals surface area contributed by atoms with Gasteiger partial charge in [0.2, 0.25) is 0 Å². The van der Waals surface area contributed by atoms with Gasteiger partial charge in [0.1, 0.15) is 5.82 Å². The molecule has 0 amide bonds. The van der Waals surface area contributed by atoms with Gasteiger partial charge in [0.15, 0.2) is 5.16 Å². The van der Waals surface area contributed by atoms with Gasteiger partial charge >= 0.3 is 5.97 Å². The van der Waals surface area contributed by atoms with E-state index in [1.54, 1.807) is 17.8 Å². The van der Waals surface area contributed by atoms with Crippen molar-refractivity contribution in [2.24, 2.45) is 0 Å². The lowest BCUT2D eigenvalue weighted by molar-refractivity contribution is -0.133. The van der Waals surface area contributed by atoms with E-state index < -0.39 is 5.97 Å². The molecular weight excluding hydrogens is 367 g/mol. The van der Waals surface area contributed by atoms with Gasteiger partial charge in [-0.3, -0.25) is 4.79 Å². The average molecular weight is 379 g/mol. The maximum atomic E-state index is 13.7. The molecule has 1 heterocycles. The number of nitrogens with zero attached hydrogens (tertiary/aromatic N) is 2. The molecule has 0 fully saturated rings. The summed E-state index contributed by atoms with van der Waals surface area (Å²) >= 11 is 5.96. The van der Waals surface area contributed by atoms with Crippen LogP contribution in [-0.2, 0) is 11.3 Å². The highest BCUT2D eigenvalue weighted by molar-refractivity contribution is 9.10. The Kier molecular flexibility index (Phi) is 5.34. The van der Waals surface area contributed by atoms with Gasteiger partial charge in [-0.05, 0) is 28.3 Å². The fourth-order valence-electron chi connectivity index (χ4n) is 1.73. The van der Waals surface area contributed by atoms with E-state index in [2.05, 4.69) is 20.9 Å². The molecule has 0 aliphatic heterocycles. The van der Waals surface area contributed by atoms with Crippen LogP contribution in [0.5, 0.6) is 0 Å². The fraction of sp³-hybridized carbons (Fsp3) is 0.333. The Balaban J connectivity index is 2.45. The number of aliphatic carboxylic acids is 1. The van der Waals surface area contributed by atoms with Crippen molar-refractivity contribution in [1.29, 1.82) is 0 Å². The van der Waals surface area contributed by atoms with Gasteiger partial charge in [-0.2, -0.15) is 11.8 Å². The number of aryl methyl sites for hydroxylation is 1. The second kappa shape index (κ2) is 6.82. The number of aromatic nitrogens is 2. The molecule has 0 aliphatic rings. The van der Waals surface area contributed by atoms with Crippen LogP contribution in [0.25, 0.3) is 11.0 Å². The summed E-state index contributed by atoms with van der Waals surface area (Å²) in [5.41, 5.74) is 1.35. The third kappa shape index (κ3) is 3.48. The van der Waals surface area contributed by atoms with E-state index in [0.717, 1.165) is 17.5 Å². The van der Waals surface area contributed by atoms with Crippen LogP contribution >= 0.6 is 39.5 Å². The van der Waals surface area contributed by atoms with E-state index in [-0.39, 0.29) is 11.6 Å². The van der Waals surface area contributed by atoms with Crippen LogP contribution in [0, 0.1) is 5.82 Å². The smallest absolute Gasteiger partial charge is 0.313 e. The van der Waals surface area contributed by atoms with E-state index in [0.29, 0.717) is 27.2 Å². The third-order valence-electron chi connectivity index (χ3n) is 2.60. The van der Waals surface area contributed by atoms with Crippen LogP contribution in [0.2, 0.25) is 0 Å². The molecular formula is C12H12BrFN2O2S2. The predicted octanol–water partition coefficient (Wildman–Crippen LogP) is 3.48. The molecule has 2 aromatic rings. The lowest BCUT2D eigenvalue weighted by Crippen LogP contribution is -2.05. The summed E-state index contributed by atoms with van der Waals surface area (Å²) in [6.07, 6.45) is 1.99. The highest BCUT2D eigenvalue weighted by atomic mass is 79.9. The molecule has 20 heavy (non-hydrogen) atoms. The molecule has 1 aromatic carbocycles. The van der Waals surface area contributed by atoms with Crippen molar-refractivity contribution in [3.8, 4) is 0 Å². The number of benzene rings is 1. The molecule has 1 N–H and O–H groups in total. The maximum absolute atomic E-state index is 13.7. The highest BCUT2D eigenvalue weighted by Gasteiger charge is 2.14. The molecule has 0 radical (unpaired) electrons. The Morgan fingerprint density at radius 2 is 2.30 bits per heavy atom. The van der Waals surface area contributed by atoms with Gasteiger partial charge in [0.25, 0.3) is 0 Å². The molecule has 0 saturated heterocycles. The number of halogens is 2. The first kappa shape index (κ1) is 15.7. The first-order valence-corrected chi connectivity index (χ1v) is 8.89. The molecule has 1 aromatic heterocycles. The number of fused-ring (bicyclic) bond motifs is 1. The molecule has 0 saturated carbocycles. The lowest BCUT2D eigenvalue weighted by Gasteiger charge is -2.07. The number of carboxylic acids is 1. The minimum absolute atomic E-state index is 0.0633. The minimum Gasteiger partial charge on any atom is -0.481 e. The Morgan fingerprint density at radius 3 is 2.95 bits per heavy atom. The first-order chi connectivity index (χ1) is 9.52. The van der Waals surface area contributed by atoms with E-state index in [4.69, 9.17) is 5.11 Å². The first-order valence-electron chi connectivity index (χ1n) is 5.71. The summed E-state index contributed by atoms with van der Waals surface area (Å²) in [4.78, 5) is 15.1. The molecule has 0 bridgehead atoms. The molecule has 4 nitrogen and oxygen atoms in total. The van der Waals surface area contributed by atoms with E-state index in [9.17, 15) is 9.18 Å². The number of imidazole rings is 1. The number of thioether (sulfide) groups is 2. The zero-order chi connectivity index (χ0) is 14.7. The van der Waals surface area contributed by atoms with Gasteiger partial charge in [-0.15, -0.1) is 0 Å². The van der Waals surface area contributed by atoms with Crippen molar-refractivity contribution in [3.05, 3.63) is 22.4 Å². The lowest BCUT2D eigenvalue weighted by atomic mass is 10.3. The van der Waals surface area contributed by atoms with Crippen LogP contribution in [0.15, 0.2) is 21.8 Å². The van der Waals surface area contributed by atoms with Crippen molar-refractivity contribution in [2.75, 3.05) is 17.8 Å². The van der Waals surface area contributed by atoms with E-state index >= 15 is 0 Å². The fourth-order valence-corrected chi connectivity index (χ4v) is 3.19. The Hall–Kier alpha value is -0.730. The molecule has 0 atom stereocenters. The minimum atomic E-state index is -0.897. The second-order valence-electron chi connectivity index (χ2n) is 3.98. The number of carboxylic acid groups (broad SMARTS) is 1. The maximum Gasteiger partial charge on any atom is 0.313 e. The van der Waals surface area contributed by atoms with Crippen molar-refractivity contribution < 1.29 is 14.3 Å². The van der Waals surface area contributed by atoms with Gasteiger partial charge in [-0.1, -0.05) is 11.8 Å². The summed E-state index contributed by atoms with van der Waals surface area (Å²) in [7, 11) is 0. The Morgan fingerprint density at radius 1 is 1.55 bits per heavy atom. The molecule has 0 aliphatic carbocycles. The number of rotatable bonds is 6. The van der Waals surface area contributed by atoms with Crippen molar-refractivity contribution in [2.45, 2.75) is 11.7 Å². The quantitative estimate of drug-likeness (QED) is 0.779. The number of hydrogen-bond donors (Lipinski definition) is 1. The Labute approximate surface area is 132 Å². The highest BCUT2D eigenvalue weighted by Crippen LogP contribution is 2.28. The van der Waals surface area contributed by atoms with Crippen LogP contribution in [-0.4, -0.2) is 38.4 Å². The number of hydrogen-bond acceptors (Lipinski definition) is 4. The second-order valence-corrected chi connectivity index (χ2v) is 6.76. The molecule has 0 unspecified atom stereocenters. The third-order valence-corrected chi connectivity index (χ3v) is 4.76. The monoisotopic (exact) mass is 378 g/mol. The SMILES string of the molecule is CSCCn1c(SCC(=O)O)nc2cc(Br)c(F)cc21. The summed E-state index contributed by atoms with van der Waals surface area (Å²) in [6.45, 7) is 0.667. The van der Waals surface area contributed by atoms with Gasteiger partial charge < -0.3 is 9.67 Å². The zero-order valence-electron chi connectivity index (χ0n) is 10.6. The van der Waals surface area contributed by atoms with E-state index in [1.807, 2.05) is 10.8 Å². The largest absolute Gasteiger partial charge is 0.481 e. The zero-order valence-corrected chi connectivity index (χ0v) is 13.8. The van der Waals surface area contributed by atoms with Crippen LogP contribution < -0.4 is 0 Å². The summed E-state index contributed by atoms with van der Waals surface area (Å²) in [6, 6.07) is 3.04. The summed E-state index contributed by atoms with van der Waals surface area (Å²) in [5.74, 6) is -0.459. The van der Waals surface area contributed by atoms with Crippen LogP contribution in [0.1, 0.15) is 0 Å². The topological polar surface area (TPSA) is 55.1 Å². The van der Waals surface area contributed by atoms with E-state index in [1.165, 1.54) is 6.07 Å². The molecule has 8 heteroatoms. The van der Waals surface area contributed by atoms with Crippen molar-refractivity contribution in [1.82, 2.24) is 9.55 Å². The van der Waals surface area contributed by atoms with Crippen molar-refractivity contribution >= 4 is 56.5 Å². The molecule has 2 rings (SSSR count). The molecule has 0 spiro atoms. The summed E-state index contributed by atoms with van der Waals surface area (Å²) < 4.78 is 15.9. The molecule has 108 valence electrons. The van der Waals surface area contributed by atoms with Gasteiger partial charge in [0, 0.05) is 18.4 Å².